The zero-order valence-electron chi connectivity index (χ0n) is 17.4. The first-order valence-corrected chi connectivity index (χ1v) is 10.5. The molecule has 2 bridgehead atoms. The molecule has 1 amide bonds. The van der Waals surface area contributed by atoms with Gasteiger partial charge in [-0.1, -0.05) is 6.07 Å². The SMILES string of the molecule is Cc1ccc(OC2CC3CC2N(C(=O)c2cc(F)ccc2-c2ncccn2)C3C)nc1. The Labute approximate surface area is 180 Å². The Morgan fingerprint density at radius 2 is 1.94 bits per heavy atom. The van der Waals surface area contributed by atoms with E-state index < -0.39 is 5.82 Å². The summed E-state index contributed by atoms with van der Waals surface area (Å²) in [6, 6.07) is 9.67. The van der Waals surface area contributed by atoms with Crippen molar-refractivity contribution in [3.63, 3.8) is 0 Å². The summed E-state index contributed by atoms with van der Waals surface area (Å²) in [5.74, 6) is 0.630. The molecule has 0 N–H and O–H groups in total. The minimum Gasteiger partial charge on any atom is -0.472 e. The molecule has 4 unspecified atom stereocenters. The normalized spacial score (nSPS) is 24.4. The molecular formula is C24H23FN4O2. The quantitative estimate of drug-likeness (QED) is 0.639. The average Bonchev–Trinajstić information content (AvgIpc) is 3.33. The molecule has 1 aromatic carbocycles. The summed E-state index contributed by atoms with van der Waals surface area (Å²) in [6.45, 7) is 4.03. The van der Waals surface area contributed by atoms with Gasteiger partial charge >= 0.3 is 0 Å². The van der Waals surface area contributed by atoms with Crippen molar-refractivity contribution in [1.29, 1.82) is 0 Å². The summed E-state index contributed by atoms with van der Waals surface area (Å²) in [4.78, 5) is 28.4. The highest BCUT2D eigenvalue weighted by molar-refractivity contribution is 6.00. The first kappa shape index (κ1) is 19.6. The largest absolute Gasteiger partial charge is 0.472 e. The maximum absolute atomic E-state index is 14.1. The third-order valence-electron chi connectivity index (χ3n) is 6.40. The highest BCUT2D eigenvalue weighted by Crippen LogP contribution is 2.45. The molecule has 5 rings (SSSR count). The molecule has 1 saturated heterocycles. The average molecular weight is 418 g/mol. The molecule has 4 atom stereocenters. The van der Waals surface area contributed by atoms with Crippen LogP contribution >= 0.6 is 0 Å². The number of aryl methyl sites for hydroxylation is 1. The monoisotopic (exact) mass is 418 g/mol. The van der Waals surface area contributed by atoms with Crippen molar-refractivity contribution in [1.82, 2.24) is 19.9 Å². The van der Waals surface area contributed by atoms with E-state index in [2.05, 4.69) is 21.9 Å². The third-order valence-corrected chi connectivity index (χ3v) is 6.40. The Bertz CT molecular complexity index is 1110. The molecule has 2 fully saturated rings. The molecule has 3 heterocycles. The lowest BCUT2D eigenvalue weighted by atomic mass is 9.97. The molecule has 1 saturated carbocycles. The number of nitrogens with zero attached hydrogens (tertiary/aromatic N) is 4. The number of amides is 1. The van der Waals surface area contributed by atoms with Crippen LogP contribution < -0.4 is 4.74 Å². The van der Waals surface area contributed by atoms with Crippen LogP contribution in [0.25, 0.3) is 11.4 Å². The van der Waals surface area contributed by atoms with E-state index in [1.54, 1.807) is 30.7 Å². The van der Waals surface area contributed by atoms with Crippen LogP contribution in [-0.2, 0) is 0 Å². The number of rotatable bonds is 4. The van der Waals surface area contributed by atoms with E-state index in [0.717, 1.165) is 18.4 Å². The zero-order valence-corrected chi connectivity index (χ0v) is 17.4. The Balaban J connectivity index is 1.45. The van der Waals surface area contributed by atoms with Crippen LogP contribution in [0.2, 0.25) is 0 Å². The second kappa shape index (κ2) is 7.72. The van der Waals surface area contributed by atoms with E-state index in [1.807, 2.05) is 24.0 Å². The molecule has 6 nitrogen and oxygen atoms in total. The minimum atomic E-state index is -0.461. The fourth-order valence-corrected chi connectivity index (χ4v) is 4.84. The first-order valence-electron chi connectivity index (χ1n) is 10.5. The Hall–Kier alpha value is -3.35. The number of halogens is 1. The zero-order chi connectivity index (χ0) is 21.5. The van der Waals surface area contributed by atoms with Crippen molar-refractivity contribution in [2.75, 3.05) is 0 Å². The summed E-state index contributed by atoms with van der Waals surface area (Å²) in [5, 5.41) is 0. The van der Waals surface area contributed by atoms with Crippen molar-refractivity contribution in [2.24, 2.45) is 5.92 Å². The lowest BCUT2D eigenvalue weighted by molar-refractivity contribution is 0.0314. The topological polar surface area (TPSA) is 68.2 Å². The third kappa shape index (κ3) is 3.54. The standard InChI is InChI=1S/C24H23FN4O2/c1-14-4-7-22(28-13-14)31-21-11-16-10-20(21)29(15(16)2)24(30)19-12-17(25)5-6-18(19)23-26-8-3-9-27-23/h3-9,12-13,15-16,20-21H,10-11H2,1-2H3. The first-order chi connectivity index (χ1) is 15.0. The smallest absolute Gasteiger partial charge is 0.255 e. The van der Waals surface area contributed by atoms with Crippen molar-refractivity contribution in [2.45, 2.75) is 44.9 Å². The number of benzene rings is 1. The Morgan fingerprint density at radius 1 is 1.13 bits per heavy atom. The lowest BCUT2D eigenvalue weighted by Gasteiger charge is -2.38. The predicted molar refractivity (Wildman–Crippen MR) is 113 cm³/mol. The summed E-state index contributed by atoms with van der Waals surface area (Å²) in [7, 11) is 0. The van der Waals surface area contributed by atoms with Gasteiger partial charge in [-0.3, -0.25) is 4.79 Å². The van der Waals surface area contributed by atoms with Gasteiger partial charge in [0.1, 0.15) is 11.9 Å². The highest BCUT2D eigenvalue weighted by atomic mass is 19.1. The van der Waals surface area contributed by atoms with Crippen LogP contribution in [0.5, 0.6) is 5.88 Å². The van der Waals surface area contributed by atoms with E-state index in [1.165, 1.54) is 12.1 Å². The molecule has 0 radical (unpaired) electrons. The number of pyridine rings is 1. The van der Waals surface area contributed by atoms with Gasteiger partial charge in [-0.05, 0) is 62.4 Å². The molecular weight excluding hydrogens is 395 g/mol. The molecule has 7 heteroatoms. The number of fused-ring (bicyclic) bond motifs is 2. The van der Waals surface area contributed by atoms with E-state index in [9.17, 15) is 9.18 Å². The number of ether oxygens (including phenoxy) is 1. The van der Waals surface area contributed by atoms with Crippen LogP contribution in [0.1, 0.15) is 35.7 Å². The van der Waals surface area contributed by atoms with Gasteiger partial charge in [-0.2, -0.15) is 0 Å². The summed E-state index contributed by atoms with van der Waals surface area (Å²) >= 11 is 0. The lowest BCUT2D eigenvalue weighted by Crippen LogP contribution is -2.51. The van der Waals surface area contributed by atoms with Crippen LogP contribution in [0, 0.1) is 18.7 Å². The maximum Gasteiger partial charge on any atom is 0.255 e. The molecule has 2 aliphatic rings. The van der Waals surface area contributed by atoms with E-state index in [4.69, 9.17) is 4.74 Å². The number of aromatic nitrogens is 3. The van der Waals surface area contributed by atoms with Crippen LogP contribution in [0.4, 0.5) is 4.39 Å². The number of hydrogen-bond donors (Lipinski definition) is 0. The second-order valence-corrected chi connectivity index (χ2v) is 8.34. The molecule has 3 aromatic rings. The Kier molecular flexibility index (Phi) is 4.88. The molecule has 2 aromatic heterocycles. The maximum atomic E-state index is 14.1. The Morgan fingerprint density at radius 3 is 2.65 bits per heavy atom. The van der Waals surface area contributed by atoms with E-state index in [0.29, 0.717) is 23.2 Å². The molecule has 31 heavy (non-hydrogen) atoms. The van der Waals surface area contributed by atoms with Gasteiger partial charge in [0.2, 0.25) is 5.88 Å². The second-order valence-electron chi connectivity index (χ2n) is 8.34. The van der Waals surface area contributed by atoms with Crippen molar-refractivity contribution in [3.8, 4) is 17.3 Å². The van der Waals surface area contributed by atoms with Gasteiger partial charge in [0.25, 0.3) is 5.91 Å². The van der Waals surface area contributed by atoms with Crippen LogP contribution in [0.15, 0.2) is 55.0 Å². The van der Waals surface area contributed by atoms with Crippen molar-refractivity contribution >= 4 is 5.91 Å². The molecule has 158 valence electrons. The highest BCUT2D eigenvalue weighted by Gasteiger charge is 2.53. The number of hydrogen-bond acceptors (Lipinski definition) is 5. The van der Waals surface area contributed by atoms with E-state index >= 15 is 0 Å². The predicted octanol–water partition coefficient (Wildman–Crippen LogP) is 4.06. The van der Waals surface area contributed by atoms with Gasteiger partial charge in [0.15, 0.2) is 5.82 Å². The van der Waals surface area contributed by atoms with Gasteiger partial charge in [-0.25, -0.2) is 19.3 Å². The number of likely N-dealkylation sites (tertiary alicyclic amines) is 1. The number of carbonyl (C=O) groups is 1. The number of carbonyl (C=O) groups excluding carboxylic acids is 1. The van der Waals surface area contributed by atoms with Gasteiger partial charge in [0, 0.05) is 36.3 Å². The van der Waals surface area contributed by atoms with Crippen molar-refractivity contribution < 1.29 is 13.9 Å². The summed E-state index contributed by atoms with van der Waals surface area (Å²) in [6.07, 6.45) is 6.61. The fraction of sp³-hybridized carbons (Fsp3) is 0.333. The summed E-state index contributed by atoms with van der Waals surface area (Å²) < 4.78 is 20.3. The summed E-state index contributed by atoms with van der Waals surface area (Å²) in [5.41, 5.74) is 1.87. The molecule has 1 aliphatic carbocycles. The van der Waals surface area contributed by atoms with Crippen LogP contribution in [0.3, 0.4) is 0 Å². The van der Waals surface area contributed by atoms with Gasteiger partial charge in [-0.15, -0.1) is 0 Å². The molecule has 0 spiro atoms. The van der Waals surface area contributed by atoms with Crippen molar-refractivity contribution in [3.05, 3.63) is 71.9 Å². The van der Waals surface area contributed by atoms with Gasteiger partial charge < -0.3 is 9.64 Å². The molecule has 1 aliphatic heterocycles. The van der Waals surface area contributed by atoms with Crippen LogP contribution in [-0.4, -0.2) is 43.9 Å². The fourth-order valence-electron chi connectivity index (χ4n) is 4.84. The number of piperidine rings is 1. The minimum absolute atomic E-state index is 0.0520. The van der Waals surface area contributed by atoms with E-state index in [-0.39, 0.29) is 29.7 Å². The van der Waals surface area contributed by atoms with Gasteiger partial charge in [0.05, 0.1) is 11.6 Å².